The van der Waals surface area contributed by atoms with Gasteiger partial charge in [0.05, 0.1) is 11.6 Å². The van der Waals surface area contributed by atoms with Crippen molar-refractivity contribution in [3.8, 4) is 0 Å². The number of halogens is 1. The number of hydrogen-bond donors (Lipinski definition) is 0. The van der Waals surface area contributed by atoms with E-state index >= 15 is 0 Å². The minimum Gasteiger partial charge on any atom is -0.255 e. The number of alkyl halides is 1. The largest absolute Gasteiger partial charge is 0.255 e. The molecule has 0 spiro atoms. The molecule has 0 saturated carbocycles. The molecule has 1 aromatic heterocycles. The van der Waals surface area contributed by atoms with Gasteiger partial charge in [-0.1, -0.05) is 10.8 Å². The molecule has 0 aliphatic carbocycles. The summed E-state index contributed by atoms with van der Waals surface area (Å²) in [6.07, 6.45) is 3.79. The van der Waals surface area contributed by atoms with E-state index in [1.165, 1.54) is 0 Å². The fraction of sp³-hybridized carbons (Fsp3) is 0.500. The van der Waals surface area contributed by atoms with Crippen LogP contribution in [0, 0.1) is 0 Å². The van der Waals surface area contributed by atoms with E-state index in [4.69, 9.17) is 11.6 Å². The molecule has 0 amide bonds. The lowest BCUT2D eigenvalue weighted by molar-refractivity contribution is 0.714. The lowest BCUT2D eigenvalue weighted by atomic mass is 10.2. The summed E-state index contributed by atoms with van der Waals surface area (Å²) >= 11 is 5.86. The number of allylic oxidation sites excluding steroid dienone is 1. The van der Waals surface area contributed by atoms with Crippen LogP contribution >= 0.6 is 11.6 Å². The van der Waals surface area contributed by atoms with Crippen molar-refractivity contribution in [2.24, 2.45) is 7.05 Å². The summed E-state index contributed by atoms with van der Waals surface area (Å²) in [6, 6.07) is 0. The van der Waals surface area contributed by atoms with Gasteiger partial charge >= 0.3 is 0 Å². The van der Waals surface area contributed by atoms with E-state index in [0.29, 0.717) is 0 Å². The molecule has 0 aliphatic heterocycles. The van der Waals surface area contributed by atoms with Crippen LogP contribution < -0.4 is 0 Å². The molecule has 1 rings (SSSR count). The molecule has 3 nitrogen and oxygen atoms in total. The van der Waals surface area contributed by atoms with Crippen LogP contribution in [0.15, 0.2) is 11.8 Å². The van der Waals surface area contributed by atoms with E-state index in [9.17, 15) is 0 Å². The summed E-state index contributed by atoms with van der Waals surface area (Å²) < 4.78 is 1.66. The first-order chi connectivity index (χ1) is 5.59. The molecule has 0 bridgehead atoms. The third-order valence-electron chi connectivity index (χ3n) is 1.62. The minimum absolute atomic E-state index is 0.0482. The van der Waals surface area contributed by atoms with Gasteiger partial charge in [0.25, 0.3) is 0 Å². The molecule has 4 heteroatoms. The van der Waals surface area contributed by atoms with Crippen LogP contribution in [0.5, 0.6) is 0 Å². The van der Waals surface area contributed by atoms with Crippen LogP contribution in [0.1, 0.15) is 19.5 Å². The van der Waals surface area contributed by atoms with Gasteiger partial charge in [-0.05, 0) is 19.9 Å². The highest BCUT2D eigenvalue weighted by atomic mass is 35.5. The Labute approximate surface area is 77.0 Å². The number of hydrogen-bond acceptors (Lipinski definition) is 2. The van der Waals surface area contributed by atoms with Crippen molar-refractivity contribution >= 4 is 17.7 Å². The zero-order valence-electron chi connectivity index (χ0n) is 7.45. The van der Waals surface area contributed by atoms with E-state index < -0.39 is 0 Å². The first-order valence-electron chi connectivity index (χ1n) is 3.78. The Kier molecular flexibility index (Phi) is 2.87. The van der Waals surface area contributed by atoms with Gasteiger partial charge in [0.1, 0.15) is 5.69 Å². The van der Waals surface area contributed by atoms with Crippen molar-refractivity contribution in [3.63, 3.8) is 0 Å². The maximum absolute atomic E-state index is 5.86. The third-order valence-corrected chi connectivity index (χ3v) is 1.97. The van der Waals surface area contributed by atoms with Gasteiger partial charge < -0.3 is 0 Å². The van der Waals surface area contributed by atoms with Crippen LogP contribution in [0.25, 0.3) is 6.08 Å². The first kappa shape index (κ1) is 9.26. The van der Waals surface area contributed by atoms with Gasteiger partial charge in [-0.15, -0.1) is 16.7 Å². The van der Waals surface area contributed by atoms with Crippen molar-refractivity contribution in [2.75, 3.05) is 0 Å². The zero-order chi connectivity index (χ0) is 9.14. The summed E-state index contributed by atoms with van der Waals surface area (Å²) in [7, 11) is 1.84. The molecule has 0 fully saturated rings. The molecule has 0 aromatic carbocycles. The molecule has 0 N–H and O–H groups in total. The number of rotatable bonds is 2. The molecule has 1 heterocycles. The second kappa shape index (κ2) is 3.72. The van der Waals surface area contributed by atoms with E-state index in [-0.39, 0.29) is 5.38 Å². The Hall–Kier alpha value is -0.830. The van der Waals surface area contributed by atoms with Crippen molar-refractivity contribution < 1.29 is 0 Å². The fourth-order valence-electron chi connectivity index (χ4n) is 0.779. The predicted molar refractivity (Wildman–Crippen MR) is 50.0 cm³/mol. The number of aryl methyl sites for hydroxylation is 1. The Bertz CT molecular complexity index is 288. The summed E-state index contributed by atoms with van der Waals surface area (Å²) in [4.78, 5) is 0. The second-order valence-corrected chi connectivity index (χ2v) is 3.48. The molecule has 1 unspecified atom stereocenters. The Balaban J connectivity index is 2.80. The van der Waals surface area contributed by atoms with Crippen molar-refractivity contribution in [1.82, 2.24) is 15.0 Å². The van der Waals surface area contributed by atoms with Crippen molar-refractivity contribution in [3.05, 3.63) is 17.5 Å². The molecule has 1 atom stereocenters. The van der Waals surface area contributed by atoms with Crippen LogP contribution in [0.2, 0.25) is 0 Å². The molecule has 66 valence electrons. The van der Waals surface area contributed by atoms with E-state index in [2.05, 4.69) is 10.3 Å². The average Bonchev–Trinajstić information content (AvgIpc) is 2.35. The highest BCUT2D eigenvalue weighted by molar-refractivity contribution is 6.22. The SMILES string of the molecule is C/C(=C\c1cn(C)nn1)C(C)Cl. The van der Waals surface area contributed by atoms with Gasteiger partial charge in [-0.2, -0.15) is 0 Å². The topological polar surface area (TPSA) is 30.7 Å². The molecule has 1 aromatic rings. The Morgan fingerprint density at radius 3 is 2.83 bits per heavy atom. The van der Waals surface area contributed by atoms with Crippen molar-refractivity contribution in [2.45, 2.75) is 19.2 Å². The summed E-state index contributed by atoms with van der Waals surface area (Å²) in [6.45, 7) is 3.91. The van der Waals surface area contributed by atoms with Crippen molar-refractivity contribution in [1.29, 1.82) is 0 Å². The first-order valence-corrected chi connectivity index (χ1v) is 4.22. The number of nitrogens with zero attached hydrogens (tertiary/aromatic N) is 3. The van der Waals surface area contributed by atoms with E-state index in [0.717, 1.165) is 11.3 Å². The van der Waals surface area contributed by atoms with Crippen LogP contribution in [-0.4, -0.2) is 20.4 Å². The fourth-order valence-corrected chi connectivity index (χ4v) is 0.842. The molecule has 0 saturated heterocycles. The molecule has 12 heavy (non-hydrogen) atoms. The summed E-state index contributed by atoms with van der Waals surface area (Å²) in [5.74, 6) is 0. The van der Waals surface area contributed by atoms with Gasteiger partial charge in [-0.25, -0.2) is 0 Å². The summed E-state index contributed by atoms with van der Waals surface area (Å²) in [5, 5.41) is 7.77. The van der Waals surface area contributed by atoms with Gasteiger partial charge in [0.2, 0.25) is 0 Å². The lowest BCUT2D eigenvalue weighted by Crippen LogP contribution is -1.91. The van der Waals surface area contributed by atoms with Gasteiger partial charge in [0, 0.05) is 7.05 Å². The standard InChI is InChI=1S/C8H12ClN3/c1-6(7(2)9)4-8-5-12(3)11-10-8/h4-5,7H,1-3H3/b6-4+. The number of aromatic nitrogens is 3. The second-order valence-electron chi connectivity index (χ2n) is 2.82. The maximum Gasteiger partial charge on any atom is 0.105 e. The third kappa shape index (κ3) is 2.34. The van der Waals surface area contributed by atoms with E-state index in [1.54, 1.807) is 4.68 Å². The highest BCUT2D eigenvalue weighted by Crippen LogP contribution is 2.11. The minimum atomic E-state index is 0.0482. The summed E-state index contributed by atoms with van der Waals surface area (Å²) in [5.41, 5.74) is 1.94. The van der Waals surface area contributed by atoms with E-state index in [1.807, 2.05) is 33.2 Å². The zero-order valence-corrected chi connectivity index (χ0v) is 8.21. The normalized spacial score (nSPS) is 14.8. The quantitative estimate of drug-likeness (QED) is 0.659. The maximum atomic E-state index is 5.86. The van der Waals surface area contributed by atoms with Crippen LogP contribution in [0.3, 0.4) is 0 Å². The molecule has 0 radical (unpaired) electrons. The average molecular weight is 186 g/mol. The van der Waals surface area contributed by atoms with Crippen LogP contribution in [0.4, 0.5) is 0 Å². The highest BCUT2D eigenvalue weighted by Gasteiger charge is 2.00. The van der Waals surface area contributed by atoms with Gasteiger partial charge in [0.15, 0.2) is 0 Å². The Morgan fingerprint density at radius 2 is 2.42 bits per heavy atom. The lowest BCUT2D eigenvalue weighted by Gasteiger charge is -1.99. The molecule has 0 aliphatic rings. The molecular weight excluding hydrogens is 174 g/mol. The Morgan fingerprint density at radius 1 is 1.75 bits per heavy atom. The smallest absolute Gasteiger partial charge is 0.105 e. The predicted octanol–water partition coefficient (Wildman–Crippen LogP) is 1.85. The van der Waals surface area contributed by atoms with Crippen LogP contribution in [-0.2, 0) is 7.05 Å². The van der Waals surface area contributed by atoms with Gasteiger partial charge in [-0.3, -0.25) is 4.68 Å². The molecular formula is C8H12ClN3. The monoisotopic (exact) mass is 185 g/mol.